The fourth-order valence-corrected chi connectivity index (χ4v) is 3.54. The third-order valence-corrected chi connectivity index (χ3v) is 4.12. The van der Waals surface area contributed by atoms with Crippen molar-refractivity contribution in [3.63, 3.8) is 0 Å². The number of aromatic nitrogens is 2. The molecule has 0 aromatic carbocycles. The fourth-order valence-electron chi connectivity index (χ4n) is 2.22. The number of carbonyl (C=O) groups excluding carboxylic acids is 1. The minimum Gasteiger partial charge on any atom is -0.382 e. The molecule has 1 aromatic heterocycles. The van der Waals surface area contributed by atoms with Crippen LogP contribution in [0.5, 0.6) is 0 Å². The molecule has 2 heterocycles. The van der Waals surface area contributed by atoms with Gasteiger partial charge in [-0.15, -0.1) is 0 Å². The van der Waals surface area contributed by atoms with Crippen LogP contribution in [0.1, 0.15) is 29.9 Å². The summed E-state index contributed by atoms with van der Waals surface area (Å²) in [6.07, 6.45) is 0. The molecule has 2 unspecified atom stereocenters. The van der Waals surface area contributed by atoms with Crippen LogP contribution in [0.25, 0.3) is 0 Å². The standard InChI is InChI=1S/C11H18N4OS/c1-6-4-15(5-7(2)17-6)11(16)9-8(3)13-14-10(9)12/h6-7H,4-5H2,1-3H3,(H3,12,13,14). The Labute approximate surface area is 105 Å². The first-order valence-electron chi connectivity index (χ1n) is 5.74. The lowest BCUT2D eigenvalue weighted by molar-refractivity contribution is 0.0753. The van der Waals surface area contributed by atoms with Crippen LogP contribution in [0.3, 0.4) is 0 Å². The van der Waals surface area contributed by atoms with E-state index in [1.807, 2.05) is 23.6 Å². The van der Waals surface area contributed by atoms with Crippen molar-refractivity contribution in [1.82, 2.24) is 15.1 Å². The van der Waals surface area contributed by atoms with Crippen LogP contribution < -0.4 is 5.73 Å². The number of anilines is 1. The number of hydrogen-bond acceptors (Lipinski definition) is 4. The molecule has 17 heavy (non-hydrogen) atoms. The van der Waals surface area contributed by atoms with Gasteiger partial charge in [0.25, 0.3) is 5.91 Å². The lowest BCUT2D eigenvalue weighted by Crippen LogP contribution is -2.44. The van der Waals surface area contributed by atoms with Gasteiger partial charge in [-0.1, -0.05) is 13.8 Å². The zero-order valence-electron chi connectivity index (χ0n) is 10.4. The zero-order chi connectivity index (χ0) is 12.6. The fraction of sp³-hybridized carbons (Fsp3) is 0.636. The molecule has 3 N–H and O–H groups in total. The van der Waals surface area contributed by atoms with Crippen molar-refractivity contribution < 1.29 is 4.79 Å². The third kappa shape index (κ3) is 2.41. The second-order valence-corrected chi connectivity index (χ2v) is 6.46. The Kier molecular flexibility index (Phi) is 3.33. The van der Waals surface area contributed by atoms with Crippen molar-refractivity contribution in [2.75, 3.05) is 18.8 Å². The maximum atomic E-state index is 12.4. The zero-order valence-corrected chi connectivity index (χ0v) is 11.2. The Hall–Kier alpha value is -1.17. The maximum absolute atomic E-state index is 12.4. The van der Waals surface area contributed by atoms with Gasteiger partial charge in [-0.3, -0.25) is 9.89 Å². The predicted octanol–water partition coefficient (Wildman–Crippen LogP) is 1.27. The minimum absolute atomic E-state index is 0.00671. The Morgan fingerprint density at radius 1 is 1.47 bits per heavy atom. The average molecular weight is 254 g/mol. The first-order valence-corrected chi connectivity index (χ1v) is 6.68. The molecule has 0 radical (unpaired) electrons. The quantitative estimate of drug-likeness (QED) is 0.791. The molecule has 1 saturated heterocycles. The van der Waals surface area contributed by atoms with Crippen LogP contribution in [-0.4, -0.2) is 44.6 Å². The van der Waals surface area contributed by atoms with Gasteiger partial charge in [0.15, 0.2) is 5.82 Å². The number of nitrogens with one attached hydrogen (secondary N) is 1. The summed E-state index contributed by atoms with van der Waals surface area (Å²) >= 11 is 1.92. The number of aryl methyl sites for hydroxylation is 1. The average Bonchev–Trinajstić information content (AvgIpc) is 2.56. The molecule has 1 aliphatic heterocycles. The molecule has 2 rings (SSSR count). The van der Waals surface area contributed by atoms with E-state index in [-0.39, 0.29) is 5.91 Å². The molecular weight excluding hydrogens is 236 g/mol. The summed E-state index contributed by atoms with van der Waals surface area (Å²) in [7, 11) is 0. The summed E-state index contributed by atoms with van der Waals surface area (Å²) in [6.45, 7) is 7.66. The molecule has 1 aromatic rings. The Bertz CT molecular complexity index is 402. The number of nitrogens with zero attached hydrogens (tertiary/aromatic N) is 2. The normalized spacial score (nSPS) is 25.0. The van der Waals surface area contributed by atoms with E-state index in [0.29, 0.717) is 21.9 Å². The van der Waals surface area contributed by atoms with Crippen LogP contribution >= 0.6 is 11.8 Å². The SMILES string of the molecule is Cc1[nH]nc(N)c1C(=O)N1CC(C)SC(C)C1. The summed E-state index contributed by atoms with van der Waals surface area (Å²) in [5.41, 5.74) is 6.99. The molecule has 2 atom stereocenters. The summed E-state index contributed by atoms with van der Waals surface area (Å²) in [6, 6.07) is 0. The van der Waals surface area contributed by atoms with Gasteiger partial charge in [-0.05, 0) is 6.92 Å². The number of H-pyrrole nitrogens is 1. The highest BCUT2D eigenvalue weighted by atomic mass is 32.2. The molecular formula is C11H18N4OS. The largest absolute Gasteiger partial charge is 0.382 e. The maximum Gasteiger partial charge on any atom is 0.259 e. The summed E-state index contributed by atoms with van der Waals surface area (Å²) in [5.74, 6) is 0.291. The molecule has 0 aliphatic carbocycles. The highest BCUT2D eigenvalue weighted by Gasteiger charge is 2.29. The van der Waals surface area contributed by atoms with Crippen LogP contribution in [0, 0.1) is 6.92 Å². The van der Waals surface area contributed by atoms with Crippen molar-refractivity contribution in [3.8, 4) is 0 Å². The lowest BCUT2D eigenvalue weighted by atomic mass is 10.2. The highest BCUT2D eigenvalue weighted by Crippen LogP contribution is 2.26. The van der Waals surface area contributed by atoms with Crippen molar-refractivity contribution >= 4 is 23.5 Å². The smallest absolute Gasteiger partial charge is 0.259 e. The molecule has 1 fully saturated rings. The molecule has 1 amide bonds. The Morgan fingerprint density at radius 2 is 2.06 bits per heavy atom. The molecule has 0 saturated carbocycles. The monoisotopic (exact) mass is 254 g/mol. The van der Waals surface area contributed by atoms with Gasteiger partial charge < -0.3 is 10.6 Å². The number of thioether (sulfide) groups is 1. The minimum atomic E-state index is -0.00671. The first-order chi connectivity index (χ1) is 7.99. The predicted molar refractivity (Wildman–Crippen MR) is 70.2 cm³/mol. The molecule has 94 valence electrons. The van der Waals surface area contributed by atoms with Crippen LogP contribution in [0.4, 0.5) is 5.82 Å². The number of nitrogen functional groups attached to an aromatic ring is 1. The third-order valence-electron chi connectivity index (χ3n) is 2.90. The van der Waals surface area contributed by atoms with Crippen LogP contribution in [-0.2, 0) is 0 Å². The Morgan fingerprint density at radius 3 is 2.53 bits per heavy atom. The molecule has 0 spiro atoms. The van der Waals surface area contributed by atoms with E-state index in [1.165, 1.54) is 0 Å². The van der Waals surface area contributed by atoms with E-state index in [0.717, 1.165) is 18.8 Å². The van der Waals surface area contributed by atoms with Crippen LogP contribution in [0.15, 0.2) is 0 Å². The van der Waals surface area contributed by atoms with Crippen LogP contribution in [0.2, 0.25) is 0 Å². The van der Waals surface area contributed by atoms with E-state index in [1.54, 1.807) is 0 Å². The number of carbonyl (C=O) groups is 1. The summed E-state index contributed by atoms with van der Waals surface area (Å²) < 4.78 is 0. The van der Waals surface area contributed by atoms with Gasteiger partial charge >= 0.3 is 0 Å². The lowest BCUT2D eigenvalue weighted by Gasteiger charge is -2.34. The molecule has 0 bridgehead atoms. The number of amides is 1. The van der Waals surface area contributed by atoms with E-state index in [2.05, 4.69) is 24.0 Å². The topological polar surface area (TPSA) is 75.0 Å². The summed E-state index contributed by atoms with van der Waals surface area (Å²) in [4.78, 5) is 14.2. The summed E-state index contributed by atoms with van der Waals surface area (Å²) in [5, 5.41) is 7.56. The van der Waals surface area contributed by atoms with Crippen molar-refractivity contribution in [3.05, 3.63) is 11.3 Å². The molecule has 6 heteroatoms. The second kappa shape index (κ2) is 4.60. The number of rotatable bonds is 1. The van der Waals surface area contributed by atoms with Gasteiger partial charge in [-0.25, -0.2) is 0 Å². The first kappa shape index (κ1) is 12.3. The van der Waals surface area contributed by atoms with Gasteiger partial charge in [-0.2, -0.15) is 16.9 Å². The number of nitrogens with two attached hydrogens (primary N) is 1. The Balaban J connectivity index is 2.20. The van der Waals surface area contributed by atoms with E-state index in [4.69, 9.17) is 5.73 Å². The second-order valence-electron chi connectivity index (χ2n) is 4.58. The van der Waals surface area contributed by atoms with Crippen molar-refractivity contribution in [2.24, 2.45) is 0 Å². The van der Waals surface area contributed by atoms with Gasteiger partial charge in [0.2, 0.25) is 0 Å². The van der Waals surface area contributed by atoms with E-state index >= 15 is 0 Å². The van der Waals surface area contributed by atoms with E-state index < -0.39 is 0 Å². The van der Waals surface area contributed by atoms with Gasteiger partial charge in [0.1, 0.15) is 5.56 Å². The number of aromatic amines is 1. The highest BCUT2D eigenvalue weighted by molar-refractivity contribution is 8.00. The number of hydrogen-bond donors (Lipinski definition) is 2. The van der Waals surface area contributed by atoms with Crippen molar-refractivity contribution in [2.45, 2.75) is 31.3 Å². The molecule has 5 nitrogen and oxygen atoms in total. The molecule has 1 aliphatic rings. The van der Waals surface area contributed by atoms with Crippen molar-refractivity contribution in [1.29, 1.82) is 0 Å². The van der Waals surface area contributed by atoms with E-state index in [9.17, 15) is 4.79 Å². The van der Waals surface area contributed by atoms with Gasteiger partial charge in [0, 0.05) is 29.3 Å². The van der Waals surface area contributed by atoms with Gasteiger partial charge in [0.05, 0.1) is 0 Å².